The fourth-order valence-electron chi connectivity index (χ4n) is 3.24. The molecule has 20 heavy (non-hydrogen) atoms. The quantitative estimate of drug-likeness (QED) is 0.916. The zero-order valence-corrected chi connectivity index (χ0v) is 12.3. The number of ether oxygens (including phenoxy) is 1. The number of hydrogen-bond donors (Lipinski definition) is 1. The third-order valence-electron chi connectivity index (χ3n) is 4.20. The fraction of sp³-hybridized carbons (Fsp3) is 0.571. The molecule has 0 aliphatic carbocycles. The van der Waals surface area contributed by atoms with Gasteiger partial charge in [0, 0.05) is 25.2 Å². The van der Waals surface area contributed by atoms with Crippen LogP contribution >= 0.6 is 11.3 Å². The average molecular weight is 290 g/mol. The van der Waals surface area contributed by atoms with Gasteiger partial charge in [0.25, 0.3) is 0 Å². The number of morpholine rings is 1. The SMILES string of the molecule is C[C@H]1CN2C[C@@H](Nc3ncnc4sccc34)C[C@H]2CO1. The Hall–Kier alpha value is -1.24. The number of aromatic nitrogens is 2. The van der Waals surface area contributed by atoms with Crippen LogP contribution in [0.1, 0.15) is 13.3 Å². The molecule has 0 bridgehead atoms. The van der Waals surface area contributed by atoms with Crippen LogP contribution in [0, 0.1) is 0 Å². The maximum Gasteiger partial charge on any atom is 0.138 e. The molecule has 3 atom stereocenters. The molecule has 2 aromatic heterocycles. The van der Waals surface area contributed by atoms with Gasteiger partial charge in [-0.15, -0.1) is 11.3 Å². The first-order valence-corrected chi connectivity index (χ1v) is 7.98. The fourth-order valence-corrected chi connectivity index (χ4v) is 3.98. The summed E-state index contributed by atoms with van der Waals surface area (Å²) in [4.78, 5) is 12.3. The standard InChI is InChI=1S/C14H18N4OS/c1-9-5-18-6-10(4-11(18)7-19-9)17-13-12-2-3-20-14(12)16-8-15-13/h2-3,8-11H,4-7H2,1H3,(H,15,16,17)/t9-,10-,11-/m0/s1. The molecule has 0 unspecified atom stereocenters. The van der Waals surface area contributed by atoms with Gasteiger partial charge in [-0.1, -0.05) is 0 Å². The molecule has 0 spiro atoms. The van der Waals surface area contributed by atoms with Gasteiger partial charge in [0.15, 0.2) is 0 Å². The largest absolute Gasteiger partial charge is 0.376 e. The molecule has 0 saturated carbocycles. The molecule has 1 N–H and O–H groups in total. The van der Waals surface area contributed by atoms with Gasteiger partial charge in [0.05, 0.1) is 18.1 Å². The van der Waals surface area contributed by atoms with Crippen molar-refractivity contribution in [2.24, 2.45) is 0 Å². The monoisotopic (exact) mass is 290 g/mol. The van der Waals surface area contributed by atoms with E-state index < -0.39 is 0 Å². The van der Waals surface area contributed by atoms with Crippen LogP contribution in [0.3, 0.4) is 0 Å². The molecule has 2 fully saturated rings. The van der Waals surface area contributed by atoms with Crippen LogP contribution in [0.5, 0.6) is 0 Å². The van der Waals surface area contributed by atoms with Crippen molar-refractivity contribution in [1.29, 1.82) is 0 Å². The van der Waals surface area contributed by atoms with E-state index in [4.69, 9.17) is 4.74 Å². The maximum absolute atomic E-state index is 5.75. The number of nitrogens with one attached hydrogen (secondary N) is 1. The average Bonchev–Trinajstić information content (AvgIpc) is 3.04. The summed E-state index contributed by atoms with van der Waals surface area (Å²) >= 11 is 1.66. The van der Waals surface area contributed by atoms with Crippen LogP contribution in [0.2, 0.25) is 0 Å². The van der Waals surface area contributed by atoms with E-state index >= 15 is 0 Å². The Morgan fingerprint density at radius 2 is 2.35 bits per heavy atom. The van der Waals surface area contributed by atoms with E-state index in [9.17, 15) is 0 Å². The normalized spacial score (nSPS) is 30.6. The van der Waals surface area contributed by atoms with Gasteiger partial charge in [-0.3, -0.25) is 4.90 Å². The van der Waals surface area contributed by atoms with E-state index in [1.54, 1.807) is 17.7 Å². The Kier molecular flexibility index (Phi) is 3.09. The molecular weight excluding hydrogens is 272 g/mol. The van der Waals surface area contributed by atoms with Crippen LogP contribution in [0.4, 0.5) is 5.82 Å². The van der Waals surface area contributed by atoms with E-state index in [0.29, 0.717) is 18.2 Å². The third kappa shape index (κ3) is 2.17. The molecule has 4 rings (SSSR count). The van der Waals surface area contributed by atoms with Crippen LogP contribution < -0.4 is 5.32 Å². The third-order valence-corrected chi connectivity index (χ3v) is 5.02. The van der Waals surface area contributed by atoms with Crippen LogP contribution in [0.15, 0.2) is 17.8 Å². The summed E-state index contributed by atoms with van der Waals surface area (Å²) in [7, 11) is 0. The van der Waals surface area contributed by atoms with E-state index in [1.165, 1.54) is 0 Å². The summed E-state index contributed by atoms with van der Waals surface area (Å²) in [5.74, 6) is 0.968. The Morgan fingerprint density at radius 3 is 3.30 bits per heavy atom. The molecule has 106 valence electrons. The van der Waals surface area contributed by atoms with E-state index in [2.05, 4.69) is 38.6 Å². The molecule has 0 amide bonds. The molecule has 4 heterocycles. The van der Waals surface area contributed by atoms with Crippen molar-refractivity contribution in [2.45, 2.75) is 31.5 Å². The lowest BCUT2D eigenvalue weighted by molar-refractivity contribution is -0.0390. The van der Waals surface area contributed by atoms with E-state index in [0.717, 1.165) is 42.2 Å². The first kappa shape index (κ1) is 12.5. The number of hydrogen-bond acceptors (Lipinski definition) is 6. The summed E-state index contributed by atoms with van der Waals surface area (Å²) in [6.07, 6.45) is 3.13. The number of nitrogens with zero attached hydrogens (tertiary/aromatic N) is 3. The summed E-state index contributed by atoms with van der Waals surface area (Å²) in [6.45, 7) is 5.13. The van der Waals surface area contributed by atoms with Crippen molar-refractivity contribution < 1.29 is 4.74 Å². The van der Waals surface area contributed by atoms with Gasteiger partial charge in [0.2, 0.25) is 0 Å². The van der Waals surface area contributed by atoms with Gasteiger partial charge in [-0.2, -0.15) is 0 Å². The highest BCUT2D eigenvalue weighted by molar-refractivity contribution is 7.16. The zero-order valence-electron chi connectivity index (χ0n) is 11.5. The number of anilines is 1. The lowest BCUT2D eigenvalue weighted by atomic mass is 10.1. The number of thiophene rings is 1. The van der Waals surface area contributed by atoms with Crippen molar-refractivity contribution in [3.05, 3.63) is 17.8 Å². The van der Waals surface area contributed by atoms with Crippen molar-refractivity contribution in [1.82, 2.24) is 14.9 Å². The van der Waals surface area contributed by atoms with E-state index in [-0.39, 0.29) is 0 Å². The topological polar surface area (TPSA) is 50.3 Å². The van der Waals surface area contributed by atoms with Gasteiger partial charge in [-0.05, 0) is 24.8 Å². The summed E-state index contributed by atoms with van der Waals surface area (Å²) in [5.41, 5.74) is 0. The number of fused-ring (bicyclic) bond motifs is 2. The molecule has 6 heteroatoms. The summed E-state index contributed by atoms with van der Waals surface area (Å²) in [6, 6.07) is 3.10. The Bertz CT molecular complexity index is 616. The second-order valence-corrected chi connectivity index (χ2v) is 6.58. The van der Waals surface area contributed by atoms with Gasteiger partial charge >= 0.3 is 0 Å². The van der Waals surface area contributed by atoms with Crippen LogP contribution in [-0.2, 0) is 4.74 Å². The van der Waals surface area contributed by atoms with Gasteiger partial charge in [-0.25, -0.2) is 9.97 Å². The van der Waals surface area contributed by atoms with Gasteiger partial charge in [0.1, 0.15) is 17.0 Å². The minimum Gasteiger partial charge on any atom is -0.376 e. The molecule has 0 radical (unpaired) electrons. The van der Waals surface area contributed by atoms with Crippen molar-refractivity contribution in [3.8, 4) is 0 Å². The van der Waals surface area contributed by atoms with Crippen molar-refractivity contribution in [3.63, 3.8) is 0 Å². The molecule has 2 saturated heterocycles. The zero-order chi connectivity index (χ0) is 13.5. The molecular formula is C14H18N4OS. The van der Waals surface area contributed by atoms with E-state index in [1.807, 2.05) is 0 Å². The van der Waals surface area contributed by atoms with Crippen LogP contribution in [0.25, 0.3) is 10.2 Å². The molecule has 2 aliphatic rings. The Balaban J connectivity index is 1.51. The second kappa shape index (κ2) is 4.95. The Labute approximate surface area is 122 Å². The highest BCUT2D eigenvalue weighted by Crippen LogP contribution is 2.28. The first-order valence-electron chi connectivity index (χ1n) is 7.10. The van der Waals surface area contributed by atoms with Crippen molar-refractivity contribution >= 4 is 27.4 Å². The molecule has 2 aliphatic heterocycles. The second-order valence-electron chi connectivity index (χ2n) is 5.69. The molecule has 5 nitrogen and oxygen atoms in total. The molecule has 0 aromatic carbocycles. The summed E-state index contributed by atoms with van der Waals surface area (Å²) < 4.78 is 5.75. The van der Waals surface area contributed by atoms with Crippen molar-refractivity contribution in [2.75, 3.05) is 25.0 Å². The van der Waals surface area contributed by atoms with Crippen LogP contribution in [-0.4, -0.2) is 52.8 Å². The lowest BCUT2D eigenvalue weighted by Gasteiger charge is -2.33. The number of rotatable bonds is 2. The minimum absolute atomic E-state index is 0.354. The first-order chi connectivity index (χ1) is 9.79. The lowest BCUT2D eigenvalue weighted by Crippen LogP contribution is -2.45. The predicted octanol–water partition coefficient (Wildman–Crippen LogP) is 1.96. The Morgan fingerprint density at radius 1 is 1.40 bits per heavy atom. The minimum atomic E-state index is 0.354. The van der Waals surface area contributed by atoms with Gasteiger partial charge < -0.3 is 10.1 Å². The summed E-state index contributed by atoms with van der Waals surface area (Å²) in [5, 5.41) is 6.80. The molecule has 2 aromatic rings. The highest BCUT2D eigenvalue weighted by atomic mass is 32.1. The predicted molar refractivity (Wildman–Crippen MR) is 80.2 cm³/mol. The smallest absolute Gasteiger partial charge is 0.138 e. The highest BCUT2D eigenvalue weighted by Gasteiger charge is 2.36. The maximum atomic E-state index is 5.75.